The van der Waals surface area contributed by atoms with Crippen LogP contribution in [0.25, 0.3) is 0 Å². The molecule has 0 atom stereocenters. The number of para-hydroxylation sites is 2. The van der Waals surface area contributed by atoms with E-state index in [1.165, 1.54) is 0 Å². The average molecular weight is 162 g/mol. The number of hydrogen-bond acceptors (Lipinski definition) is 3. The summed E-state index contributed by atoms with van der Waals surface area (Å²) in [5.41, 5.74) is 2.01. The minimum atomic E-state index is 0.186. The van der Waals surface area contributed by atoms with E-state index in [9.17, 15) is 4.79 Å². The molecule has 2 N–H and O–H groups in total. The maximum Gasteiger partial charge on any atom is 0.170 e. The molecule has 1 aliphatic rings. The zero-order valence-corrected chi connectivity index (χ0v) is 6.63. The molecule has 0 spiro atoms. The lowest BCUT2D eigenvalue weighted by molar-refractivity contribution is -0.115. The molecule has 0 aliphatic carbocycles. The van der Waals surface area contributed by atoms with Crippen LogP contribution in [0.15, 0.2) is 24.3 Å². The van der Waals surface area contributed by atoms with Crippen molar-refractivity contribution < 1.29 is 4.79 Å². The first-order chi connectivity index (χ1) is 5.86. The molecule has 1 aliphatic heterocycles. The van der Waals surface area contributed by atoms with Crippen LogP contribution in [0, 0.1) is 0 Å². The summed E-state index contributed by atoms with van der Waals surface area (Å²) < 4.78 is 0. The Morgan fingerprint density at radius 1 is 1.00 bits per heavy atom. The van der Waals surface area contributed by atoms with Crippen molar-refractivity contribution in [1.29, 1.82) is 0 Å². The van der Waals surface area contributed by atoms with Crippen molar-refractivity contribution in [3.8, 4) is 0 Å². The molecular weight excluding hydrogens is 152 g/mol. The zero-order valence-electron chi connectivity index (χ0n) is 6.63. The average Bonchev–Trinajstić information content (AvgIpc) is 2.29. The number of fused-ring (bicyclic) bond motifs is 1. The van der Waals surface area contributed by atoms with Gasteiger partial charge in [0.05, 0.1) is 24.5 Å². The fraction of sp³-hybridized carbons (Fsp3) is 0.222. The fourth-order valence-corrected chi connectivity index (χ4v) is 1.24. The van der Waals surface area contributed by atoms with Crippen LogP contribution in [0.4, 0.5) is 11.4 Å². The molecule has 12 heavy (non-hydrogen) atoms. The minimum absolute atomic E-state index is 0.186. The Morgan fingerprint density at radius 2 is 1.50 bits per heavy atom. The number of carbonyl (C=O) groups excluding carboxylic acids is 1. The SMILES string of the molecule is O=C1CNc2ccccc2NC1. The molecule has 62 valence electrons. The highest BCUT2D eigenvalue weighted by Gasteiger charge is 2.09. The summed E-state index contributed by atoms with van der Waals surface area (Å²) in [6.45, 7) is 0.841. The Bertz CT molecular complexity index is 280. The number of nitrogens with one attached hydrogen (secondary N) is 2. The number of carbonyl (C=O) groups is 1. The normalized spacial score (nSPS) is 15.5. The number of anilines is 2. The van der Waals surface area contributed by atoms with Crippen LogP contribution in [-0.2, 0) is 4.79 Å². The summed E-state index contributed by atoms with van der Waals surface area (Å²) in [7, 11) is 0. The highest BCUT2D eigenvalue weighted by Crippen LogP contribution is 2.21. The van der Waals surface area contributed by atoms with Crippen LogP contribution >= 0.6 is 0 Å². The van der Waals surface area contributed by atoms with Crippen molar-refractivity contribution in [2.24, 2.45) is 0 Å². The third kappa shape index (κ3) is 1.25. The number of ketones is 1. The van der Waals surface area contributed by atoms with Gasteiger partial charge < -0.3 is 10.6 Å². The third-order valence-corrected chi connectivity index (χ3v) is 1.88. The van der Waals surface area contributed by atoms with Gasteiger partial charge in [-0.25, -0.2) is 0 Å². The Kier molecular flexibility index (Phi) is 1.70. The monoisotopic (exact) mass is 162 g/mol. The predicted octanol–water partition coefficient (Wildman–Crippen LogP) is 1.09. The Labute approximate surface area is 70.8 Å². The summed E-state index contributed by atoms with van der Waals surface area (Å²) in [5.74, 6) is 0.186. The highest BCUT2D eigenvalue weighted by molar-refractivity contribution is 5.90. The van der Waals surface area contributed by atoms with Crippen LogP contribution in [-0.4, -0.2) is 18.9 Å². The second-order valence-corrected chi connectivity index (χ2v) is 2.79. The zero-order chi connectivity index (χ0) is 8.39. The maximum atomic E-state index is 11.0. The molecule has 3 nitrogen and oxygen atoms in total. The molecule has 0 aromatic heterocycles. The molecule has 0 bridgehead atoms. The van der Waals surface area contributed by atoms with Gasteiger partial charge in [0.25, 0.3) is 0 Å². The van der Waals surface area contributed by atoms with Crippen LogP contribution in [0.1, 0.15) is 0 Å². The van der Waals surface area contributed by atoms with Crippen LogP contribution < -0.4 is 10.6 Å². The van der Waals surface area contributed by atoms with Gasteiger partial charge in [0.15, 0.2) is 5.78 Å². The van der Waals surface area contributed by atoms with Crippen molar-refractivity contribution in [2.75, 3.05) is 23.7 Å². The summed E-state index contributed by atoms with van der Waals surface area (Å²) in [5, 5.41) is 6.13. The highest BCUT2D eigenvalue weighted by atomic mass is 16.1. The molecule has 2 rings (SSSR count). The molecule has 0 amide bonds. The Balaban J connectivity index is 2.32. The molecule has 3 heteroatoms. The smallest absolute Gasteiger partial charge is 0.170 e. The number of Topliss-reactive ketones (excluding diaryl/α,β-unsaturated/α-hetero) is 1. The van der Waals surface area contributed by atoms with Gasteiger partial charge >= 0.3 is 0 Å². The second kappa shape index (κ2) is 2.85. The standard InChI is InChI=1S/C9H10N2O/c12-7-5-10-8-3-1-2-4-9(8)11-6-7/h1-4,10-11H,5-6H2. The van der Waals surface area contributed by atoms with E-state index < -0.39 is 0 Å². The molecule has 0 unspecified atom stereocenters. The summed E-state index contributed by atoms with van der Waals surface area (Å²) in [6.07, 6.45) is 0. The van der Waals surface area contributed by atoms with Gasteiger partial charge in [-0.2, -0.15) is 0 Å². The van der Waals surface area contributed by atoms with E-state index >= 15 is 0 Å². The van der Waals surface area contributed by atoms with Gasteiger partial charge in [-0.3, -0.25) is 4.79 Å². The van der Waals surface area contributed by atoms with E-state index in [1.807, 2.05) is 24.3 Å². The molecule has 1 aromatic carbocycles. The summed E-state index contributed by atoms with van der Waals surface area (Å²) in [6, 6.07) is 7.81. The van der Waals surface area contributed by atoms with E-state index in [0.717, 1.165) is 11.4 Å². The van der Waals surface area contributed by atoms with Crippen LogP contribution in [0.5, 0.6) is 0 Å². The first kappa shape index (κ1) is 7.16. The summed E-state index contributed by atoms with van der Waals surface area (Å²) >= 11 is 0. The summed E-state index contributed by atoms with van der Waals surface area (Å²) in [4.78, 5) is 11.0. The van der Waals surface area contributed by atoms with E-state index in [-0.39, 0.29) is 5.78 Å². The van der Waals surface area contributed by atoms with Gasteiger partial charge in [-0.05, 0) is 12.1 Å². The number of hydrogen-bond donors (Lipinski definition) is 2. The van der Waals surface area contributed by atoms with Crippen LogP contribution in [0.2, 0.25) is 0 Å². The Hall–Kier alpha value is -1.51. The van der Waals surface area contributed by atoms with E-state index in [0.29, 0.717) is 13.1 Å². The van der Waals surface area contributed by atoms with Crippen molar-refractivity contribution in [1.82, 2.24) is 0 Å². The minimum Gasteiger partial charge on any atom is -0.376 e. The van der Waals surface area contributed by atoms with Gasteiger partial charge in [0.2, 0.25) is 0 Å². The molecule has 0 saturated carbocycles. The van der Waals surface area contributed by atoms with Crippen molar-refractivity contribution in [2.45, 2.75) is 0 Å². The van der Waals surface area contributed by atoms with Crippen molar-refractivity contribution >= 4 is 17.2 Å². The lowest BCUT2D eigenvalue weighted by Crippen LogP contribution is -2.17. The first-order valence-corrected chi connectivity index (χ1v) is 3.95. The van der Waals surface area contributed by atoms with Gasteiger partial charge in [0.1, 0.15) is 0 Å². The van der Waals surface area contributed by atoms with E-state index in [2.05, 4.69) is 10.6 Å². The molecule has 0 saturated heterocycles. The predicted molar refractivity (Wildman–Crippen MR) is 48.4 cm³/mol. The fourth-order valence-electron chi connectivity index (χ4n) is 1.24. The number of benzene rings is 1. The largest absolute Gasteiger partial charge is 0.376 e. The molecule has 1 heterocycles. The molecule has 0 fully saturated rings. The van der Waals surface area contributed by atoms with Gasteiger partial charge in [-0.1, -0.05) is 12.1 Å². The van der Waals surface area contributed by atoms with Gasteiger partial charge in [0, 0.05) is 0 Å². The lowest BCUT2D eigenvalue weighted by Gasteiger charge is -2.05. The molecular formula is C9H10N2O. The maximum absolute atomic E-state index is 11.0. The van der Waals surface area contributed by atoms with E-state index in [4.69, 9.17) is 0 Å². The third-order valence-electron chi connectivity index (χ3n) is 1.88. The topological polar surface area (TPSA) is 41.1 Å². The van der Waals surface area contributed by atoms with Crippen molar-refractivity contribution in [3.63, 3.8) is 0 Å². The lowest BCUT2D eigenvalue weighted by atomic mass is 10.3. The van der Waals surface area contributed by atoms with Crippen molar-refractivity contribution in [3.05, 3.63) is 24.3 Å². The second-order valence-electron chi connectivity index (χ2n) is 2.79. The quantitative estimate of drug-likeness (QED) is 0.600. The van der Waals surface area contributed by atoms with Gasteiger partial charge in [-0.15, -0.1) is 0 Å². The first-order valence-electron chi connectivity index (χ1n) is 3.95. The van der Waals surface area contributed by atoms with E-state index in [1.54, 1.807) is 0 Å². The molecule has 1 aromatic rings. The molecule has 0 radical (unpaired) electrons. The number of rotatable bonds is 0. The Morgan fingerprint density at radius 3 is 2.00 bits per heavy atom. The van der Waals surface area contributed by atoms with Crippen LogP contribution in [0.3, 0.4) is 0 Å².